The number of para-hydroxylation sites is 1. The van der Waals surface area contributed by atoms with Crippen molar-refractivity contribution in [2.45, 2.75) is 20.3 Å². The second-order valence-corrected chi connectivity index (χ2v) is 9.20. The van der Waals surface area contributed by atoms with Crippen LogP contribution >= 0.6 is 39.7 Å². The fraction of sp³-hybridized carbons (Fsp3) is 0.364. The largest absolute Gasteiger partial charge is 0.348 e. The predicted octanol–water partition coefficient (Wildman–Crippen LogP) is 5.06. The van der Waals surface area contributed by atoms with Crippen molar-refractivity contribution in [2.75, 3.05) is 43.4 Å². The van der Waals surface area contributed by atoms with Crippen molar-refractivity contribution in [2.24, 2.45) is 0 Å². The highest BCUT2D eigenvalue weighted by Crippen LogP contribution is 2.26. The summed E-state index contributed by atoms with van der Waals surface area (Å²) in [4.78, 5) is 16.9. The van der Waals surface area contributed by atoms with Crippen LogP contribution in [0.5, 0.6) is 0 Å². The van der Waals surface area contributed by atoms with Crippen LogP contribution < -0.4 is 10.6 Å². The lowest BCUT2D eigenvalue weighted by atomic mass is 10.1. The van der Waals surface area contributed by atoms with Gasteiger partial charge in [0.2, 0.25) is 5.91 Å². The average Bonchev–Trinajstić information content (AvgIpc) is 2.92. The molecule has 160 valence electrons. The van der Waals surface area contributed by atoms with E-state index in [1.807, 2.05) is 50.2 Å². The van der Waals surface area contributed by atoms with Crippen molar-refractivity contribution >= 4 is 62.1 Å². The van der Waals surface area contributed by atoms with Crippen LogP contribution in [0, 0.1) is 13.8 Å². The molecule has 2 aromatic carbocycles. The average molecular weight is 510 g/mol. The number of thiocarbonyl (C=S) groups is 1. The molecule has 3 rings (SSSR count). The third-order valence-corrected chi connectivity index (χ3v) is 6.33. The van der Waals surface area contributed by atoms with Gasteiger partial charge in [0.25, 0.3) is 0 Å². The Morgan fingerprint density at radius 1 is 1.10 bits per heavy atom. The van der Waals surface area contributed by atoms with Crippen LogP contribution in [0.4, 0.5) is 11.4 Å². The van der Waals surface area contributed by atoms with Gasteiger partial charge in [-0.3, -0.25) is 9.69 Å². The molecule has 30 heavy (non-hydrogen) atoms. The Bertz CT molecular complexity index is 919. The van der Waals surface area contributed by atoms with Gasteiger partial charge < -0.3 is 15.5 Å². The lowest BCUT2D eigenvalue weighted by Gasteiger charge is -2.25. The van der Waals surface area contributed by atoms with Gasteiger partial charge in [-0.15, -0.1) is 0 Å². The van der Waals surface area contributed by atoms with Crippen LogP contribution in [0.15, 0.2) is 40.9 Å². The summed E-state index contributed by atoms with van der Waals surface area (Å²) in [5.41, 5.74) is 3.86. The van der Waals surface area contributed by atoms with Crippen LogP contribution in [0.25, 0.3) is 0 Å². The van der Waals surface area contributed by atoms with Crippen molar-refractivity contribution < 1.29 is 4.79 Å². The Morgan fingerprint density at radius 3 is 2.53 bits per heavy atom. The van der Waals surface area contributed by atoms with Crippen molar-refractivity contribution in [3.05, 3.63) is 57.0 Å². The lowest BCUT2D eigenvalue weighted by molar-refractivity contribution is -0.117. The van der Waals surface area contributed by atoms with Gasteiger partial charge in [0.05, 0.1) is 17.3 Å². The fourth-order valence-electron chi connectivity index (χ4n) is 3.51. The van der Waals surface area contributed by atoms with E-state index >= 15 is 0 Å². The Balaban J connectivity index is 1.53. The molecule has 2 aromatic rings. The first kappa shape index (κ1) is 23.0. The van der Waals surface area contributed by atoms with E-state index in [-0.39, 0.29) is 5.91 Å². The zero-order valence-electron chi connectivity index (χ0n) is 17.2. The molecule has 0 aromatic heterocycles. The minimum atomic E-state index is 0.0168. The van der Waals surface area contributed by atoms with Gasteiger partial charge in [0.1, 0.15) is 0 Å². The van der Waals surface area contributed by atoms with E-state index < -0.39 is 0 Å². The Labute approximate surface area is 196 Å². The number of halogens is 2. The maximum Gasteiger partial charge on any atom is 0.238 e. The molecule has 0 atom stereocenters. The summed E-state index contributed by atoms with van der Waals surface area (Å²) >= 11 is 15.3. The predicted molar refractivity (Wildman–Crippen MR) is 133 cm³/mol. The topological polar surface area (TPSA) is 47.6 Å². The van der Waals surface area contributed by atoms with Crippen LogP contribution in [-0.4, -0.2) is 53.5 Å². The molecule has 0 bridgehead atoms. The van der Waals surface area contributed by atoms with Gasteiger partial charge in [0.15, 0.2) is 5.11 Å². The molecule has 1 aliphatic rings. The summed E-state index contributed by atoms with van der Waals surface area (Å²) < 4.78 is 0.925. The van der Waals surface area contributed by atoms with Crippen LogP contribution in [0.2, 0.25) is 5.02 Å². The summed E-state index contributed by atoms with van der Waals surface area (Å²) in [6, 6.07) is 11.7. The van der Waals surface area contributed by atoms with Crippen molar-refractivity contribution in [1.29, 1.82) is 0 Å². The number of anilines is 2. The fourth-order valence-corrected chi connectivity index (χ4v) is 4.52. The molecule has 5 nitrogen and oxygen atoms in total. The molecule has 0 radical (unpaired) electrons. The third kappa shape index (κ3) is 6.17. The van der Waals surface area contributed by atoms with Gasteiger partial charge in [0, 0.05) is 36.3 Å². The Morgan fingerprint density at radius 2 is 1.83 bits per heavy atom. The summed E-state index contributed by atoms with van der Waals surface area (Å²) in [6.07, 6.45) is 0.937. The first-order valence-corrected chi connectivity index (χ1v) is 11.5. The van der Waals surface area contributed by atoms with E-state index in [2.05, 4.69) is 36.4 Å². The van der Waals surface area contributed by atoms with E-state index in [0.29, 0.717) is 16.7 Å². The van der Waals surface area contributed by atoms with E-state index in [0.717, 1.165) is 59.6 Å². The lowest BCUT2D eigenvalue weighted by Crippen LogP contribution is -2.39. The molecular weight excluding hydrogens is 484 g/mol. The summed E-state index contributed by atoms with van der Waals surface area (Å²) in [6.45, 7) is 7.64. The van der Waals surface area contributed by atoms with Crippen molar-refractivity contribution in [1.82, 2.24) is 9.80 Å². The van der Waals surface area contributed by atoms with Crippen LogP contribution in [-0.2, 0) is 4.79 Å². The van der Waals surface area contributed by atoms with Gasteiger partial charge in [-0.2, -0.15) is 0 Å². The highest BCUT2D eigenvalue weighted by Gasteiger charge is 2.19. The van der Waals surface area contributed by atoms with E-state index in [1.165, 1.54) is 0 Å². The third-order valence-electron chi connectivity index (χ3n) is 5.16. The number of amides is 1. The van der Waals surface area contributed by atoms with E-state index in [4.69, 9.17) is 23.8 Å². The minimum absolute atomic E-state index is 0.0168. The maximum atomic E-state index is 12.6. The number of benzene rings is 2. The minimum Gasteiger partial charge on any atom is -0.348 e. The molecule has 2 N–H and O–H groups in total. The maximum absolute atomic E-state index is 12.6. The zero-order valence-corrected chi connectivity index (χ0v) is 20.3. The number of carbonyl (C=O) groups excluding carboxylic acids is 1. The number of aryl methyl sites for hydroxylation is 2. The molecule has 0 unspecified atom stereocenters. The first-order valence-electron chi connectivity index (χ1n) is 9.93. The van der Waals surface area contributed by atoms with E-state index in [1.54, 1.807) is 0 Å². The highest BCUT2D eigenvalue weighted by molar-refractivity contribution is 9.10. The standard InChI is InChI=1S/C22H26BrClN4OS/c1-15-5-3-6-16(2)21(15)26-20(29)14-27-9-4-10-28(12-11-27)22(30)25-19-8-7-17(23)13-18(19)24/h3,5-8,13H,4,9-12,14H2,1-2H3,(H,25,30)(H,26,29). The summed E-state index contributed by atoms with van der Waals surface area (Å²) in [7, 11) is 0. The number of hydrogen-bond donors (Lipinski definition) is 2. The van der Waals surface area contributed by atoms with Gasteiger partial charge in [-0.1, -0.05) is 45.7 Å². The molecule has 0 aliphatic carbocycles. The molecule has 1 amide bonds. The summed E-state index contributed by atoms with van der Waals surface area (Å²) in [5.74, 6) is 0.0168. The SMILES string of the molecule is Cc1cccc(C)c1NC(=O)CN1CCCN(C(=S)Nc2ccc(Br)cc2Cl)CC1. The second-order valence-electron chi connectivity index (χ2n) is 7.49. The van der Waals surface area contributed by atoms with Crippen LogP contribution in [0.3, 0.4) is 0 Å². The highest BCUT2D eigenvalue weighted by atomic mass is 79.9. The molecule has 0 saturated carbocycles. The van der Waals surface area contributed by atoms with Crippen molar-refractivity contribution in [3.8, 4) is 0 Å². The molecule has 1 saturated heterocycles. The Hall–Kier alpha value is -1.67. The number of rotatable bonds is 4. The molecule has 1 aliphatic heterocycles. The monoisotopic (exact) mass is 508 g/mol. The van der Waals surface area contributed by atoms with E-state index in [9.17, 15) is 4.79 Å². The van der Waals surface area contributed by atoms with Gasteiger partial charge in [-0.05, 0) is 61.8 Å². The smallest absolute Gasteiger partial charge is 0.238 e. The second kappa shape index (κ2) is 10.6. The van der Waals surface area contributed by atoms with Crippen molar-refractivity contribution in [3.63, 3.8) is 0 Å². The normalized spacial score (nSPS) is 14.9. The first-order chi connectivity index (χ1) is 14.3. The number of nitrogens with one attached hydrogen (secondary N) is 2. The molecular formula is C22H26BrClN4OS. The number of hydrogen-bond acceptors (Lipinski definition) is 3. The molecule has 1 fully saturated rings. The quantitative estimate of drug-likeness (QED) is 0.564. The van der Waals surface area contributed by atoms with Crippen LogP contribution in [0.1, 0.15) is 17.5 Å². The molecule has 8 heteroatoms. The Kier molecular flexibility index (Phi) is 8.11. The van der Waals surface area contributed by atoms with Gasteiger partial charge in [-0.25, -0.2) is 0 Å². The zero-order chi connectivity index (χ0) is 21.7. The molecule has 1 heterocycles. The number of carbonyl (C=O) groups is 1. The number of nitrogens with zero attached hydrogens (tertiary/aromatic N) is 2. The van der Waals surface area contributed by atoms with Gasteiger partial charge >= 0.3 is 0 Å². The summed E-state index contributed by atoms with van der Waals surface area (Å²) in [5, 5.41) is 7.59. The molecule has 0 spiro atoms.